The molecule has 0 radical (unpaired) electrons. The quantitative estimate of drug-likeness (QED) is 0.529. The summed E-state index contributed by atoms with van der Waals surface area (Å²) >= 11 is 0. The molecule has 2 rings (SSSR count). The third-order valence-corrected chi connectivity index (χ3v) is 4.22. The first-order valence-electron chi connectivity index (χ1n) is 8.28. The van der Waals surface area contributed by atoms with Gasteiger partial charge in [-0.1, -0.05) is 6.92 Å². The molecule has 2 saturated heterocycles. The van der Waals surface area contributed by atoms with Gasteiger partial charge in [-0.2, -0.15) is 0 Å². The molecule has 7 heteroatoms. The summed E-state index contributed by atoms with van der Waals surface area (Å²) in [7, 11) is 1.77. The lowest BCUT2D eigenvalue weighted by molar-refractivity contribution is -0.120. The average Bonchev–Trinajstić information content (AvgIpc) is 3.04. The van der Waals surface area contributed by atoms with E-state index < -0.39 is 0 Å². The molecule has 2 heterocycles. The average molecular weight is 311 g/mol. The first kappa shape index (κ1) is 17.0. The lowest BCUT2D eigenvalue weighted by Gasteiger charge is -2.32. The summed E-state index contributed by atoms with van der Waals surface area (Å²) in [5.41, 5.74) is 0. The van der Waals surface area contributed by atoms with Crippen molar-refractivity contribution in [3.05, 3.63) is 0 Å². The second-order valence-corrected chi connectivity index (χ2v) is 5.79. The number of carbonyl (C=O) groups is 1. The lowest BCUT2D eigenvalue weighted by atomic mass is 10.2. The third-order valence-electron chi connectivity index (χ3n) is 4.22. The maximum Gasteiger partial charge on any atom is 0.239 e. The van der Waals surface area contributed by atoms with Crippen LogP contribution in [0.15, 0.2) is 4.99 Å². The molecule has 0 bridgehead atoms. The summed E-state index contributed by atoms with van der Waals surface area (Å²) in [4.78, 5) is 20.7. The number of nitrogens with one attached hydrogen (secondary N) is 2. The van der Waals surface area contributed by atoms with Crippen LogP contribution in [0.25, 0.3) is 0 Å². The molecule has 2 aliphatic rings. The number of amides is 1. The third kappa shape index (κ3) is 4.84. The van der Waals surface area contributed by atoms with Crippen LogP contribution >= 0.6 is 0 Å². The van der Waals surface area contributed by atoms with Crippen LogP contribution in [-0.2, 0) is 9.53 Å². The number of rotatable bonds is 5. The fraction of sp³-hybridized carbons (Fsp3) is 0.867. The SMILES string of the molecule is CCCNC(=O)CNC(=NC)N1CCC(N2CCOCC2)C1. The van der Waals surface area contributed by atoms with E-state index in [2.05, 4.69) is 25.4 Å². The molecule has 1 amide bonds. The number of likely N-dealkylation sites (tertiary alicyclic amines) is 1. The van der Waals surface area contributed by atoms with Crippen molar-refractivity contribution >= 4 is 11.9 Å². The van der Waals surface area contributed by atoms with E-state index in [0.717, 1.165) is 64.7 Å². The molecule has 2 N–H and O–H groups in total. The molecule has 1 atom stereocenters. The lowest BCUT2D eigenvalue weighted by Crippen LogP contribution is -2.48. The molecule has 0 aromatic heterocycles. The summed E-state index contributed by atoms with van der Waals surface area (Å²) in [5, 5.41) is 6.03. The van der Waals surface area contributed by atoms with Gasteiger partial charge in [0.1, 0.15) is 0 Å². The largest absolute Gasteiger partial charge is 0.379 e. The predicted molar refractivity (Wildman–Crippen MR) is 87.0 cm³/mol. The number of nitrogens with zero attached hydrogens (tertiary/aromatic N) is 3. The van der Waals surface area contributed by atoms with Gasteiger partial charge in [0, 0.05) is 45.8 Å². The fourth-order valence-corrected chi connectivity index (χ4v) is 2.99. The Labute approximate surface area is 133 Å². The van der Waals surface area contributed by atoms with E-state index >= 15 is 0 Å². The minimum Gasteiger partial charge on any atom is -0.379 e. The number of aliphatic imine (C=N–C) groups is 1. The molecule has 0 aliphatic carbocycles. The van der Waals surface area contributed by atoms with Crippen molar-refractivity contribution in [1.82, 2.24) is 20.4 Å². The minimum atomic E-state index is 0.0203. The van der Waals surface area contributed by atoms with Crippen molar-refractivity contribution in [2.75, 3.05) is 59.5 Å². The normalized spacial score (nSPS) is 23.6. The number of guanidine groups is 1. The van der Waals surface area contributed by atoms with Gasteiger partial charge < -0.3 is 20.3 Å². The molecule has 2 fully saturated rings. The van der Waals surface area contributed by atoms with E-state index in [0.29, 0.717) is 6.04 Å². The smallest absolute Gasteiger partial charge is 0.239 e. The molecule has 0 spiro atoms. The van der Waals surface area contributed by atoms with Gasteiger partial charge in [-0.05, 0) is 12.8 Å². The van der Waals surface area contributed by atoms with Gasteiger partial charge in [0.25, 0.3) is 0 Å². The number of morpholine rings is 1. The van der Waals surface area contributed by atoms with Gasteiger partial charge in [-0.25, -0.2) is 0 Å². The second kappa shape index (κ2) is 8.95. The minimum absolute atomic E-state index is 0.0203. The highest BCUT2D eigenvalue weighted by Gasteiger charge is 2.30. The summed E-state index contributed by atoms with van der Waals surface area (Å²) in [6, 6.07) is 0.566. The maximum absolute atomic E-state index is 11.7. The number of carbonyl (C=O) groups excluding carboxylic acids is 1. The molecule has 0 aromatic rings. The highest BCUT2D eigenvalue weighted by Crippen LogP contribution is 2.16. The van der Waals surface area contributed by atoms with Crippen molar-refractivity contribution in [2.45, 2.75) is 25.8 Å². The van der Waals surface area contributed by atoms with Gasteiger partial charge in [-0.3, -0.25) is 14.7 Å². The van der Waals surface area contributed by atoms with Crippen molar-refractivity contribution < 1.29 is 9.53 Å². The van der Waals surface area contributed by atoms with E-state index in [1.54, 1.807) is 7.05 Å². The van der Waals surface area contributed by atoms with Crippen LogP contribution in [0.2, 0.25) is 0 Å². The van der Waals surface area contributed by atoms with Crippen LogP contribution in [0.4, 0.5) is 0 Å². The number of hydrogen-bond donors (Lipinski definition) is 2. The van der Waals surface area contributed by atoms with Crippen molar-refractivity contribution in [1.29, 1.82) is 0 Å². The molecule has 2 aliphatic heterocycles. The van der Waals surface area contributed by atoms with E-state index in [4.69, 9.17) is 4.74 Å². The van der Waals surface area contributed by atoms with E-state index in [1.807, 2.05) is 6.92 Å². The van der Waals surface area contributed by atoms with Gasteiger partial charge in [0.05, 0.1) is 19.8 Å². The molecular formula is C15H29N5O2. The first-order chi connectivity index (χ1) is 10.7. The van der Waals surface area contributed by atoms with Crippen LogP contribution in [0.3, 0.4) is 0 Å². The Morgan fingerprint density at radius 2 is 2.05 bits per heavy atom. The summed E-state index contributed by atoms with van der Waals surface area (Å²) < 4.78 is 5.42. The molecule has 1 unspecified atom stereocenters. The Morgan fingerprint density at radius 3 is 2.73 bits per heavy atom. The van der Waals surface area contributed by atoms with Crippen LogP contribution < -0.4 is 10.6 Å². The summed E-state index contributed by atoms with van der Waals surface area (Å²) in [6.07, 6.45) is 2.09. The fourth-order valence-electron chi connectivity index (χ4n) is 2.99. The Balaban J connectivity index is 1.76. The topological polar surface area (TPSA) is 69.2 Å². The highest BCUT2D eigenvalue weighted by molar-refractivity contribution is 5.86. The van der Waals surface area contributed by atoms with Crippen LogP contribution in [0, 0.1) is 0 Å². The summed E-state index contributed by atoms with van der Waals surface area (Å²) in [6.45, 7) is 8.71. The maximum atomic E-state index is 11.7. The van der Waals surface area contributed by atoms with Crippen LogP contribution in [-0.4, -0.2) is 87.2 Å². The zero-order chi connectivity index (χ0) is 15.8. The van der Waals surface area contributed by atoms with Crippen LogP contribution in [0.5, 0.6) is 0 Å². The Hall–Kier alpha value is -1.34. The second-order valence-electron chi connectivity index (χ2n) is 5.79. The molecule has 22 heavy (non-hydrogen) atoms. The number of ether oxygens (including phenoxy) is 1. The molecular weight excluding hydrogens is 282 g/mol. The van der Waals surface area contributed by atoms with E-state index in [9.17, 15) is 4.79 Å². The van der Waals surface area contributed by atoms with E-state index in [-0.39, 0.29) is 12.5 Å². The Bertz CT molecular complexity index is 382. The Morgan fingerprint density at radius 1 is 1.27 bits per heavy atom. The standard InChI is InChI=1S/C15H29N5O2/c1-3-5-17-14(21)11-18-15(16-2)20-6-4-13(12-20)19-7-9-22-10-8-19/h13H,3-12H2,1-2H3,(H,16,18)(H,17,21). The molecule has 7 nitrogen and oxygen atoms in total. The zero-order valence-electron chi connectivity index (χ0n) is 13.8. The van der Waals surface area contributed by atoms with E-state index in [1.165, 1.54) is 0 Å². The van der Waals surface area contributed by atoms with Gasteiger partial charge in [0.15, 0.2) is 5.96 Å². The first-order valence-corrected chi connectivity index (χ1v) is 8.28. The van der Waals surface area contributed by atoms with Gasteiger partial charge >= 0.3 is 0 Å². The summed E-state index contributed by atoms with van der Waals surface area (Å²) in [5.74, 6) is 0.842. The van der Waals surface area contributed by atoms with Crippen molar-refractivity contribution in [2.24, 2.45) is 4.99 Å². The van der Waals surface area contributed by atoms with Crippen molar-refractivity contribution in [3.8, 4) is 0 Å². The van der Waals surface area contributed by atoms with Crippen molar-refractivity contribution in [3.63, 3.8) is 0 Å². The van der Waals surface area contributed by atoms with Crippen LogP contribution in [0.1, 0.15) is 19.8 Å². The van der Waals surface area contributed by atoms with Gasteiger partial charge in [-0.15, -0.1) is 0 Å². The molecule has 0 saturated carbocycles. The molecule has 126 valence electrons. The monoisotopic (exact) mass is 311 g/mol. The predicted octanol–water partition coefficient (Wildman–Crippen LogP) is -0.505. The highest BCUT2D eigenvalue weighted by atomic mass is 16.5. The molecule has 0 aromatic carbocycles. The Kier molecular flexibility index (Phi) is 6.92. The van der Waals surface area contributed by atoms with Gasteiger partial charge in [0.2, 0.25) is 5.91 Å². The zero-order valence-corrected chi connectivity index (χ0v) is 13.8. The number of hydrogen-bond acceptors (Lipinski definition) is 4.